The van der Waals surface area contributed by atoms with Gasteiger partial charge in [0.05, 0.1) is 11.9 Å². The number of anilines is 3. The lowest BCUT2D eigenvalue weighted by Crippen LogP contribution is -2.46. The molecule has 2 unspecified atom stereocenters. The Morgan fingerprint density at radius 1 is 1.03 bits per heavy atom. The van der Waals surface area contributed by atoms with Gasteiger partial charge in [0, 0.05) is 24.6 Å². The molecule has 7 nitrogen and oxygen atoms in total. The van der Waals surface area contributed by atoms with Crippen molar-refractivity contribution >= 4 is 23.0 Å². The van der Waals surface area contributed by atoms with E-state index < -0.39 is 16.8 Å². The number of primary amides is 1. The van der Waals surface area contributed by atoms with Gasteiger partial charge in [-0.1, -0.05) is 51.1 Å². The van der Waals surface area contributed by atoms with E-state index in [0.29, 0.717) is 5.69 Å². The highest BCUT2D eigenvalue weighted by atomic mass is 16.2. The van der Waals surface area contributed by atoms with Gasteiger partial charge in [-0.25, -0.2) is 0 Å². The average Bonchev–Trinajstić information content (AvgIpc) is 2.72. The Morgan fingerprint density at radius 2 is 1.70 bits per heavy atom. The van der Waals surface area contributed by atoms with Crippen LogP contribution >= 0.6 is 0 Å². The van der Waals surface area contributed by atoms with Crippen molar-refractivity contribution in [3.05, 3.63) is 80.9 Å². The zero-order chi connectivity index (χ0) is 21.9. The molecule has 1 amide bonds. The second kappa shape index (κ2) is 8.49. The molecule has 3 rings (SSSR count). The van der Waals surface area contributed by atoms with Gasteiger partial charge < -0.3 is 16.4 Å². The molecule has 0 spiro atoms. The number of hydrogen-bond acceptors (Lipinski definition) is 6. The maximum absolute atomic E-state index is 12.4. The van der Waals surface area contributed by atoms with Gasteiger partial charge in [-0.15, -0.1) is 0 Å². The van der Waals surface area contributed by atoms with E-state index in [1.54, 1.807) is 24.5 Å². The predicted octanol–water partition coefficient (Wildman–Crippen LogP) is 2.91. The maximum Gasteiger partial charge on any atom is 0.253 e. The third kappa shape index (κ3) is 4.56. The molecule has 0 saturated heterocycles. The quantitative estimate of drug-likeness (QED) is 0.496. The first-order valence-corrected chi connectivity index (χ1v) is 9.78. The Labute approximate surface area is 175 Å². The summed E-state index contributed by atoms with van der Waals surface area (Å²) in [5.74, 6) is -0.710. The van der Waals surface area contributed by atoms with Crippen LogP contribution in [0.1, 0.15) is 38.7 Å². The van der Waals surface area contributed by atoms with Gasteiger partial charge in [-0.05, 0) is 23.1 Å². The number of nitrogens with one attached hydrogen (secondary N) is 2. The van der Waals surface area contributed by atoms with Crippen LogP contribution in [0.25, 0.3) is 0 Å². The molecule has 2 atom stereocenters. The second-order valence-electron chi connectivity index (χ2n) is 8.45. The van der Waals surface area contributed by atoms with Gasteiger partial charge >= 0.3 is 0 Å². The number of nitrogens with zero attached hydrogens (tertiary/aromatic N) is 1. The van der Waals surface area contributed by atoms with E-state index in [9.17, 15) is 14.4 Å². The first-order chi connectivity index (χ1) is 14.2. The van der Waals surface area contributed by atoms with Gasteiger partial charge in [-0.2, -0.15) is 0 Å². The van der Waals surface area contributed by atoms with E-state index in [1.165, 1.54) is 0 Å². The zero-order valence-corrected chi connectivity index (χ0v) is 17.3. The Balaban J connectivity index is 1.98. The number of rotatable bonds is 8. The Kier molecular flexibility index (Phi) is 6.01. The summed E-state index contributed by atoms with van der Waals surface area (Å²) in [5.41, 5.74) is 6.00. The van der Waals surface area contributed by atoms with Crippen molar-refractivity contribution < 1.29 is 4.79 Å². The van der Waals surface area contributed by atoms with Crippen molar-refractivity contribution in [3.8, 4) is 0 Å². The van der Waals surface area contributed by atoms with Crippen LogP contribution in [-0.2, 0) is 4.79 Å². The molecule has 7 heteroatoms. The molecule has 0 fully saturated rings. The third-order valence-corrected chi connectivity index (χ3v) is 5.13. The largest absolute Gasteiger partial charge is 0.376 e. The average molecular weight is 406 g/mol. The highest BCUT2D eigenvalue weighted by molar-refractivity contribution is 5.79. The van der Waals surface area contributed by atoms with E-state index >= 15 is 0 Å². The molecular weight excluding hydrogens is 380 g/mol. The lowest BCUT2D eigenvalue weighted by atomic mass is 9.74. The summed E-state index contributed by atoms with van der Waals surface area (Å²) in [7, 11) is 0. The molecule has 3 aromatic rings. The Morgan fingerprint density at radius 3 is 2.27 bits per heavy atom. The van der Waals surface area contributed by atoms with Crippen molar-refractivity contribution in [2.45, 2.75) is 39.2 Å². The summed E-state index contributed by atoms with van der Waals surface area (Å²) in [6, 6.07) is 12.7. The molecular formula is C23H26N4O3. The number of pyridine rings is 1. The van der Waals surface area contributed by atoms with Gasteiger partial charge in [0.25, 0.3) is 10.9 Å². The van der Waals surface area contributed by atoms with E-state index in [4.69, 9.17) is 5.73 Å². The predicted molar refractivity (Wildman–Crippen MR) is 119 cm³/mol. The number of hydrogen-bond donors (Lipinski definition) is 3. The fourth-order valence-electron chi connectivity index (χ4n) is 3.65. The van der Waals surface area contributed by atoms with Crippen molar-refractivity contribution in [1.82, 2.24) is 4.98 Å². The summed E-state index contributed by atoms with van der Waals surface area (Å²) in [5, 5.41) is 6.24. The molecule has 0 bridgehead atoms. The van der Waals surface area contributed by atoms with Gasteiger partial charge in [0.2, 0.25) is 5.91 Å². The summed E-state index contributed by atoms with van der Waals surface area (Å²) in [6.45, 7) is 6.05. The van der Waals surface area contributed by atoms with Crippen LogP contribution in [0.3, 0.4) is 0 Å². The normalized spacial score (nSPS) is 13.6. The molecule has 0 aliphatic heterocycles. The fraction of sp³-hybridized carbons (Fsp3) is 0.304. The Bertz CT molecular complexity index is 1080. The molecule has 156 valence electrons. The number of amides is 1. The number of benzene rings is 1. The first kappa shape index (κ1) is 21.2. The maximum atomic E-state index is 12.4. The molecule has 1 aromatic heterocycles. The second-order valence-corrected chi connectivity index (χ2v) is 8.45. The monoisotopic (exact) mass is 406 g/mol. The number of carbonyl (C=O) groups excluding carboxylic acids is 1. The lowest BCUT2D eigenvalue weighted by Gasteiger charge is -2.39. The topological polar surface area (TPSA) is 114 Å². The highest BCUT2D eigenvalue weighted by Gasteiger charge is 2.36. The molecule has 0 aliphatic rings. The van der Waals surface area contributed by atoms with E-state index in [1.807, 2.05) is 51.1 Å². The number of aromatic nitrogens is 1. The minimum Gasteiger partial charge on any atom is -0.376 e. The lowest BCUT2D eigenvalue weighted by molar-refractivity contribution is -0.118. The molecule has 4 N–H and O–H groups in total. The molecule has 30 heavy (non-hydrogen) atoms. The van der Waals surface area contributed by atoms with Crippen LogP contribution in [0, 0.1) is 5.41 Å². The van der Waals surface area contributed by atoms with Crippen LogP contribution in [0.15, 0.2) is 64.4 Å². The van der Waals surface area contributed by atoms with Crippen LogP contribution in [0.2, 0.25) is 0 Å². The molecule has 1 heterocycles. The molecule has 0 saturated carbocycles. The van der Waals surface area contributed by atoms with Crippen LogP contribution in [0.5, 0.6) is 0 Å². The van der Waals surface area contributed by atoms with Crippen molar-refractivity contribution in [2.24, 2.45) is 11.1 Å². The van der Waals surface area contributed by atoms with E-state index in [0.717, 1.165) is 5.56 Å². The summed E-state index contributed by atoms with van der Waals surface area (Å²) in [6.07, 6.45) is 3.30. The third-order valence-electron chi connectivity index (χ3n) is 5.13. The summed E-state index contributed by atoms with van der Waals surface area (Å²) < 4.78 is 0. The van der Waals surface area contributed by atoms with Gasteiger partial charge in [0.1, 0.15) is 11.4 Å². The zero-order valence-electron chi connectivity index (χ0n) is 17.3. The van der Waals surface area contributed by atoms with Crippen molar-refractivity contribution in [1.29, 1.82) is 0 Å². The minimum atomic E-state index is -0.583. The highest BCUT2D eigenvalue weighted by Crippen LogP contribution is 2.37. The van der Waals surface area contributed by atoms with E-state index in [2.05, 4.69) is 15.6 Å². The van der Waals surface area contributed by atoms with Crippen molar-refractivity contribution in [2.75, 3.05) is 10.6 Å². The molecule has 2 aromatic carbocycles. The van der Waals surface area contributed by atoms with Crippen LogP contribution < -0.4 is 27.2 Å². The van der Waals surface area contributed by atoms with E-state index in [-0.39, 0.29) is 35.2 Å². The van der Waals surface area contributed by atoms with Crippen LogP contribution in [-0.4, -0.2) is 16.9 Å². The molecule has 0 radical (unpaired) electrons. The van der Waals surface area contributed by atoms with Gasteiger partial charge in [0.15, 0.2) is 0 Å². The Hall–Kier alpha value is -3.48. The number of carbonyl (C=O) groups is 1. The summed E-state index contributed by atoms with van der Waals surface area (Å²) >= 11 is 0. The number of nitrogens with two attached hydrogens (primary N) is 1. The standard InChI is InChI=1S/C23H26N4O3/c1-23(2,3)22(16(12-17(24)28)14-8-5-4-6-9-14)27-19-18(20(29)21(19)30)26-15-10-7-11-25-13-15/h4-11,13,16,22,26-27H,12H2,1-3H3,(H2,24,28). The first-order valence-electron chi connectivity index (χ1n) is 9.78. The van der Waals surface area contributed by atoms with Gasteiger partial charge in [-0.3, -0.25) is 19.4 Å². The van der Waals surface area contributed by atoms with Crippen LogP contribution in [0.4, 0.5) is 17.1 Å². The SMILES string of the molecule is CC(C)(C)C(Nc1c(Nc2cccnc2)c(=O)c1=O)C(CC(N)=O)c1ccccc1. The summed E-state index contributed by atoms with van der Waals surface area (Å²) in [4.78, 5) is 40.5. The minimum absolute atomic E-state index is 0.111. The van der Waals surface area contributed by atoms with Crippen molar-refractivity contribution in [3.63, 3.8) is 0 Å². The smallest absolute Gasteiger partial charge is 0.253 e. The fourth-order valence-corrected chi connectivity index (χ4v) is 3.65. The molecule has 0 aliphatic carbocycles.